The third kappa shape index (κ3) is 18.8. The van der Waals surface area contributed by atoms with Gasteiger partial charge < -0.3 is 5.11 Å². The molecular formula is C24H40O2. The van der Waals surface area contributed by atoms with Crippen molar-refractivity contribution >= 4 is 5.97 Å². The molecule has 0 saturated carbocycles. The van der Waals surface area contributed by atoms with Crippen molar-refractivity contribution in [2.45, 2.75) is 90.9 Å². The minimum Gasteiger partial charge on any atom is -0.481 e. The number of hydrogen-bond acceptors (Lipinski definition) is 1. The second-order valence-corrected chi connectivity index (χ2v) is 6.95. The van der Waals surface area contributed by atoms with Crippen molar-refractivity contribution in [2.24, 2.45) is 5.92 Å². The molecule has 1 N–H and O–H groups in total. The van der Waals surface area contributed by atoms with E-state index in [0.717, 1.165) is 25.7 Å². The fourth-order valence-corrected chi connectivity index (χ4v) is 2.79. The first kappa shape index (κ1) is 24.4. The van der Waals surface area contributed by atoms with E-state index >= 15 is 0 Å². The predicted molar refractivity (Wildman–Crippen MR) is 114 cm³/mol. The highest BCUT2D eigenvalue weighted by Crippen LogP contribution is 2.15. The lowest BCUT2D eigenvalue weighted by Crippen LogP contribution is -2.02. The van der Waals surface area contributed by atoms with Gasteiger partial charge in [-0.05, 0) is 38.0 Å². The van der Waals surface area contributed by atoms with Crippen LogP contribution in [-0.2, 0) is 4.79 Å². The Balaban J connectivity index is 3.65. The average Bonchev–Trinajstić information content (AvgIpc) is 2.63. The lowest BCUT2D eigenvalue weighted by Gasteiger charge is -2.09. The minimum absolute atomic E-state index is 0.275. The van der Waals surface area contributed by atoms with Crippen LogP contribution in [0.1, 0.15) is 90.9 Å². The van der Waals surface area contributed by atoms with Gasteiger partial charge in [-0.1, -0.05) is 101 Å². The molecule has 0 aromatic rings. The van der Waals surface area contributed by atoms with Gasteiger partial charge in [0.1, 0.15) is 0 Å². The van der Waals surface area contributed by atoms with E-state index < -0.39 is 5.97 Å². The predicted octanol–water partition coefficient (Wildman–Crippen LogP) is 7.63. The summed E-state index contributed by atoms with van der Waals surface area (Å²) >= 11 is 0. The molecule has 0 fully saturated rings. The summed E-state index contributed by atoms with van der Waals surface area (Å²) in [6.07, 6.45) is 30.5. The van der Waals surface area contributed by atoms with Crippen molar-refractivity contribution in [1.82, 2.24) is 0 Å². The first-order chi connectivity index (χ1) is 12.7. The number of unbranched alkanes of at least 4 members (excludes halogenated alkanes) is 6. The maximum Gasteiger partial charge on any atom is 0.303 e. The zero-order valence-corrected chi connectivity index (χ0v) is 17.0. The van der Waals surface area contributed by atoms with Crippen LogP contribution in [-0.4, -0.2) is 11.1 Å². The lowest BCUT2D eigenvalue weighted by molar-refractivity contribution is -0.137. The smallest absolute Gasteiger partial charge is 0.303 e. The van der Waals surface area contributed by atoms with Crippen LogP contribution in [0.2, 0.25) is 0 Å². The molecule has 0 aromatic heterocycles. The van der Waals surface area contributed by atoms with Crippen molar-refractivity contribution in [3.05, 3.63) is 48.6 Å². The highest BCUT2D eigenvalue weighted by atomic mass is 16.4. The molecule has 0 bridgehead atoms. The average molecular weight is 361 g/mol. The van der Waals surface area contributed by atoms with Crippen LogP contribution in [0.25, 0.3) is 0 Å². The Hall–Kier alpha value is -1.57. The molecular weight excluding hydrogens is 320 g/mol. The summed E-state index contributed by atoms with van der Waals surface area (Å²) in [7, 11) is 0. The molecule has 1 atom stereocenters. The maximum absolute atomic E-state index is 10.6. The second-order valence-electron chi connectivity index (χ2n) is 6.95. The largest absolute Gasteiger partial charge is 0.481 e. The number of carboxylic acids is 1. The van der Waals surface area contributed by atoms with Gasteiger partial charge in [-0.15, -0.1) is 0 Å². The molecule has 0 aromatic carbocycles. The molecule has 0 amide bonds. The lowest BCUT2D eigenvalue weighted by atomic mass is 9.96. The molecule has 0 rings (SSSR count). The van der Waals surface area contributed by atoms with Crippen LogP contribution >= 0.6 is 0 Å². The summed E-state index contributed by atoms with van der Waals surface area (Å²) in [5.74, 6) is -0.221. The van der Waals surface area contributed by atoms with E-state index in [0.29, 0.717) is 5.92 Å². The number of rotatable bonds is 17. The van der Waals surface area contributed by atoms with Gasteiger partial charge in [0.05, 0.1) is 0 Å². The summed E-state index contributed by atoms with van der Waals surface area (Å²) in [4.78, 5) is 10.6. The summed E-state index contributed by atoms with van der Waals surface area (Å²) < 4.78 is 0. The summed E-state index contributed by atoms with van der Waals surface area (Å²) in [5.41, 5.74) is 0. The highest BCUT2D eigenvalue weighted by molar-refractivity contribution is 5.66. The highest BCUT2D eigenvalue weighted by Gasteiger charge is 2.06. The van der Waals surface area contributed by atoms with Gasteiger partial charge in [-0.3, -0.25) is 4.79 Å². The van der Waals surface area contributed by atoms with E-state index in [1.165, 1.54) is 44.9 Å². The second kappa shape index (κ2) is 19.8. The zero-order valence-electron chi connectivity index (χ0n) is 17.0. The first-order valence-electron chi connectivity index (χ1n) is 10.6. The SMILES string of the molecule is CCCCCCCCC=CCC=CC=CC=CCC(CC)CCC(=O)O. The van der Waals surface area contributed by atoms with Gasteiger partial charge in [-0.2, -0.15) is 0 Å². The summed E-state index contributed by atoms with van der Waals surface area (Å²) in [6, 6.07) is 0. The number of hydrogen-bond donors (Lipinski definition) is 1. The molecule has 0 heterocycles. The van der Waals surface area contributed by atoms with E-state index in [1.807, 2.05) is 6.08 Å². The molecule has 0 spiro atoms. The van der Waals surface area contributed by atoms with Gasteiger partial charge >= 0.3 is 5.97 Å². The molecule has 0 saturated heterocycles. The van der Waals surface area contributed by atoms with Crippen LogP contribution in [0.3, 0.4) is 0 Å². The van der Waals surface area contributed by atoms with Gasteiger partial charge in [0.2, 0.25) is 0 Å². The third-order valence-electron chi connectivity index (χ3n) is 4.58. The molecule has 1 unspecified atom stereocenters. The Morgan fingerprint density at radius 3 is 2.23 bits per heavy atom. The molecule has 0 aliphatic carbocycles. The van der Waals surface area contributed by atoms with Crippen molar-refractivity contribution < 1.29 is 9.90 Å². The Kier molecular flexibility index (Phi) is 18.6. The fourth-order valence-electron chi connectivity index (χ4n) is 2.79. The van der Waals surface area contributed by atoms with E-state index in [-0.39, 0.29) is 6.42 Å². The van der Waals surface area contributed by atoms with Crippen LogP contribution in [0.4, 0.5) is 0 Å². The summed E-state index contributed by atoms with van der Waals surface area (Å²) in [6.45, 7) is 4.38. The van der Waals surface area contributed by atoms with Gasteiger partial charge in [0.15, 0.2) is 0 Å². The quantitative estimate of drug-likeness (QED) is 0.164. The van der Waals surface area contributed by atoms with Gasteiger partial charge in [-0.25, -0.2) is 0 Å². The molecule has 0 radical (unpaired) electrons. The molecule has 0 aliphatic heterocycles. The number of carboxylic acid groups (broad SMARTS) is 1. The molecule has 148 valence electrons. The molecule has 0 aliphatic rings. The zero-order chi connectivity index (χ0) is 19.3. The molecule has 2 nitrogen and oxygen atoms in total. The van der Waals surface area contributed by atoms with Gasteiger partial charge in [0, 0.05) is 6.42 Å². The molecule has 2 heteroatoms. The molecule has 26 heavy (non-hydrogen) atoms. The van der Waals surface area contributed by atoms with E-state index in [4.69, 9.17) is 5.11 Å². The minimum atomic E-state index is -0.696. The van der Waals surface area contributed by atoms with Crippen molar-refractivity contribution in [3.63, 3.8) is 0 Å². The van der Waals surface area contributed by atoms with Crippen molar-refractivity contribution in [1.29, 1.82) is 0 Å². The number of carbonyl (C=O) groups is 1. The van der Waals surface area contributed by atoms with E-state index in [9.17, 15) is 4.79 Å². The van der Waals surface area contributed by atoms with Gasteiger partial charge in [0.25, 0.3) is 0 Å². The Morgan fingerprint density at radius 1 is 0.846 bits per heavy atom. The van der Waals surface area contributed by atoms with E-state index in [2.05, 4.69) is 56.4 Å². The first-order valence-corrected chi connectivity index (χ1v) is 10.6. The van der Waals surface area contributed by atoms with Crippen LogP contribution in [0, 0.1) is 5.92 Å². The van der Waals surface area contributed by atoms with Crippen molar-refractivity contribution in [2.75, 3.05) is 0 Å². The normalized spacial score (nSPS) is 13.6. The summed E-state index contributed by atoms with van der Waals surface area (Å²) in [5, 5.41) is 8.73. The van der Waals surface area contributed by atoms with Crippen LogP contribution in [0.15, 0.2) is 48.6 Å². The number of allylic oxidation sites excluding steroid dienone is 8. The topological polar surface area (TPSA) is 37.3 Å². The monoisotopic (exact) mass is 360 g/mol. The Labute approximate surface area is 161 Å². The van der Waals surface area contributed by atoms with Crippen LogP contribution < -0.4 is 0 Å². The Morgan fingerprint density at radius 2 is 1.54 bits per heavy atom. The fraction of sp³-hybridized carbons (Fsp3) is 0.625. The van der Waals surface area contributed by atoms with Crippen molar-refractivity contribution in [3.8, 4) is 0 Å². The Bertz CT molecular complexity index is 429. The van der Waals surface area contributed by atoms with E-state index in [1.54, 1.807) is 0 Å². The van der Waals surface area contributed by atoms with Crippen LogP contribution in [0.5, 0.6) is 0 Å². The number of aliphatic carboxylic acids is 1. The standard InChI is InChI=1S/C24H40O2/c1-3-5-6-7-8-9-10-11-12-13-14-15-16-17-18-19-20-23(4-2)21-22-24(25)26/h11-12,14-19,23H,3-10,13,20-22H2,1-2H3,(H,25,26). The third-order valence-corrected chi connectivity index (χ3v) is 4.58. The maximum atomic E-state index is 10.6.